The summed E-state index contributed by atoms with van der Waals surface area (Å²) in [6, 6.07) is 17.6. The minimum Gasteiger partial charge on any atom is -0.326 e. The molecule has 7 nitrogen and oxygen atoms in total. The number of para-hydroxylation sites is 1. The lowest BCUT2D eigenvalue weighted by Crippen LogP contribution is -2.23. The van der Waals surface area contributed by atoms with Crippen molar-refractivity contribution in [1.82, 2.24) is 14.8 Å². The normalized spacial score (nSPS) is 15.9. The molecule has 3 aromatic rings. The third-order valence-electron chi connectivity index (χ3n) is 5.71. The fourth-order valence-electron chi connectivity index (χ4n) is 3.90. The second kappa shape index (κ2) is 9.16. The lowest BCUT2D eigenvalue weighted by Gasteiger charge is -2.16. The number of carbonyl (C=O) groups excluding carboxylic acids is 2. The topological polar surface area (TPSA) is 80.1 Å². The highest BCUT2D eigenvalue weighted by Gasteiger charge is 2.31. The van der Waals surface area contributed by atoms with Crippen molar-refractivity contribution < 1.29 is 9.59 Å². The van der Waals surface area contributed by atoms with Crippen LogP contribution >= 0.6 is 11.8 Å². The molecule has 2 heterocycles. The molecule has 1 N–H and O–H groups in total. The van der Waals surface area contributed by atoms with Crippen molar-refractivity contribution in [1.29, 1.82) is 0 Å². The van der Waals surface area contributed by atoms with Crippen molar-refractivity contribution in [3.8, 4) is 5.69 Å². The van der Waals surface area contributed by atoms with Crippen LogP contribution in [0.3, 0.4) is 0 Å². The largest absolute Gasteiger partial charge is 0.326 e. The molecule has 0 spiro atoms. The third kappa shape index (κ3) is 4.55. The number of anilines is 2. The minimum absolute atomic E-state index is 0.0457. The first kappa shape index (κ1) is 20.8. The van der Waals surface area contributed by atoms with Gasteiger partial charge >= 0.3 is 0 Å². The molecule has 2 amide bonds. The Morgan fingerprint density at radius 1 is 1.03 bits per heavy atom. The number of benzene rings is 2. The van der Waals surface area contributed by atoms with Gasteiger partial charge in [-0.25, -0.2) is 0 Å². The molecule has 164 valence electrons. The van der Waals surface area contributed by atoms with Crippen LogP contribution in [0.25, 0.3) is 5.69 Å². The van der Waals surface area contributed by atoms with E-state index in [1.54, 1.807) is 16.7 Å². The quantitative estimate of drug-likeness (QED) is 0.518. The van der Waals surface area contributed by atoms with Gasteiger partial charge < -0.3 is 10.2 Å². The maximum atomic E-state index is 12.4. The van der Waals surface area contributed by atoms with E-state index in [2.05, 4.69) is 32.2 Å². The van der Waals surface area contributed by atoms with Crippen molar-refractivity contribution in [2.45, 2.75) is 43.2 Å². The summed E-state index contributed by atoms with van der Waals surface area (Å²) in [5, 5.41) is 12.6. The van der Waals surface area contributed by atoms with Gasteiger partial charge in [0.2, 0.25) is 11.8 Å². The van der Waals surface area contributed by atoms with E-state index in [-0.39, 0.29) is 11.8 Å². The molecule has 1 saturated carbocycles. The fraction of sp³-hybridized carbons (Fsp3) is 0.333. The van der Waals surface area contributed by atoms with E-state index in [1.165, 1.54) is 0 Å². The van der Waals surface area contributed by atoms with Crippen LogP contribution in [0.2, 0.25) is 0 Å². The Balaban J connectivity index is 1.17. The average molecular weight is 448 g/mol. The molecule has 2 aliphatic rings. The Labute approximate surface area is 191 Å². The zero-order valence-electron chi connectivity index (χ0n) is 17.7. The standard InChI is InChI=1S/C24H25N5O2S/c30-21(25-18-10-12-19(13-11-18)28-15-4-7-22(28)31)14-16-32-24-27-26-23(17-8-9-17)29(24)20-5-2-1-3-6-20/h1-3,5-6,10-13,17H,4,7-9,14-16H2,(H,25,30). The zero-order valence-corrected chi connectivity index (χ0v) is 18.6. The lowest BCUT2D eigenvalue weighted by molar-refractivity contribution is -0.117. The Hall–Kier alpha value is -3.13. The first-order chi connectivity index (χ1) is 15.7. The Kier molecular flexibility index (Phi) is 5.94. The number of hydrogen-bond acceptors (Lipinski definition) is 5. The first-order valence-corrected chi connectivity index (χ1v) is 12.0. The molecule has 0 bridgehead atoms. The van der Waals surface area contributed by atoms with Crippen molar-refractivity contribution >= 4 is 35.0 Å². The van der Waals surface area contributed by atoms with Crippen LogP contribution in [0.5, 0.6) is 0 Å². The molecule has 0 atom stereocenters. The first-order valence-electron chi connectivity index (χ1n) is 11.0. The maximum Gasteiger partial charge on any atom is 0.227 e. The van der Waals surface area contributed by atoms with Crippen LogP contribution < -0.4 is 10.2 Å². The number of carbonyl (C=O) groups is 2. The van der Waals surface area contributed by atoms with Gasteiger partial charge in [-0.1, -0.05) is 30.0 Å². The second-order valence-electron chi connectivity index (χ2n) is 8.13. The van der Waals surface area contributed by atoms with Gasteiger partial charge in [0, 0.05) is 48.1 Å². The van der Waals surface area contributed by atoms with Crippen LogP contribution in [-0.2, 0) is 9.59 Å². The van der Waals surface area contributed by atoms with Gasteiger partial charge in [-0.3, -0.25) is 14.2 Å². The summed E-state index contributed by atoms with van der Waals surface area (Å²) >= 11 is 1.55. The molecule has 1 aromatic heterocycles. The maximum absolute atomic E-state index is 12.4. The number of amides is 2. The predicted octanol–water partition coefficient (Wildman–Crippen LogP) is 4.39. The highest BCUT2D eigenvalue weighted by atomic mass is 32.2. The Bertz CT molecular complexity index is 1110. The average Bonchev–Trinajstić information content (AvgIpc) is 3.43. The number of nitrogens with zero attached hydrogens (tertiary/aromatic N) is 4. The summed E-state index contributed by atoms with van der Waals surface area (Å²) in [5.74, 6) is 2.23. The minimum atomic E-state index is -0.0457. The summed E-state index contributed by atoms with van der Waals surface area (Å²) in [7, 11) is 0. The molecule has 2 fully saturated rings. The molecule has 0 radical (unpaired) electrons. The molecule has 1 aliphatic heterocycles. The van der Waals surface area contributed by atoms with Crippen molar-refractivity contribution in [2.24, 2.45) is 0 Å². The summed E-state index contributed by atoms with van der Waals surface area (Å²) in [6.07, 6.45) is 4.19. The molecule has 1 saturated heterocycles. The highest BCUT2D eigenvalue weighted by Crippen LogP contribution is 2.41. The van der Waals surface area contributed by atoms with E-state index in [0.717, 1.165) is 53.9 Å². The van der Waals surface area contributed by atoms with Gasteiger partial charge in [0.1, 0.15) is 5.82 Å². The summed E-state index contributed by atoms with van der Waals surface area (Å²) in [4.78, 5) is 26.1. The monoisotopic (exact) mass is 447 g/mol. The molecule has 8 heteroatoms. The number of aromatic nitrogens is 3. The molecule has 5 rings (SSSR count). The molecule has 32 heavy (non-hydrogen) atoms. The van der Waals surface area contributed by atoms with Crippen LogP contribution in [0.4, 0.5) is 11.4 Å². The van der Waals surface area contributed by atoms with Crippen molar-refractivity contribution in [2.75, 3.05) is 22.5 Å². The van der Waals surface area contributed by atoms with Crippen LogP contribution in [0.15, 0.2) is 59.8 Å². The molecule has 2 aromatic carbocycles. The number of nitrogens with one attached hydrogen (secondary N) is 1. The number of thioether (sulfide) groups is 1. The highest BCUT2D eigenvalue weighted by molar-refractivity contribution is 7.99. The fourth-order valence-corrected chi connectivity index (χ4v) is 4.80. The van der Waals surface area contributed by atoms with Gasteiger partial charge in [0.25, 0.3) is 0 Å². The lowest BCUT2D eigenvalue weighted by atomic mass is 10.2. The van der Waals surface area contributed by atoms with Gasteiger partial charge in [0.05, 0.1) is 0 Å². The third-order valence-corrected chi connectivity index (χ3v) is 6.64. The van der Waals surface area contributed by atoms with Crippen LogP contribution in [0.1, 0.15) is 43.8 Å². The molecular weight excluding hydrogens is 422 g/mol. The SMILES string of the molecule is O=C(CCSc1nnc(C2CC2)n1-c1ccccc1)Nc1ccc(N2CCCC2=O)cc1. The second-order valence-corrected chi connectivity index (χ2v) is 9.19. The zero-order chi connectivity index (χ0) is 21.9. The summed E-state index contributed by atoms with van der Waals surface area (Å²) in [5.41, 5.74) is 2.68. The smallest absolute Gasteiger partial charge is 0.227 e. The van der Waals surface area contributed by atoms with Crippen LogP contribution in [0, 0.1) is 0 Å². The molecule has 1 aliphatic carbocycles. The van der Waals surface area contributed by atoms with Crippen molar-refractivity contribution in [3.05, 3.63) is 60.4 Å². The van der Waals surface area contributed by atoms with Gasteiger partial charge in [-0.05, 0) is 55.7 Å². The summed E-state index contributed by atoms with van der Waals surface area (Å²) in [6.45, 7) is 0.762. The van der Waals surface area contributed by atoms with E-state index in [1.807, 2.05) is 42.5 Å². The van der Waals surface area contributed by atoms with Gasteiger partial charge in [0.15, 0.2) is 5.16 Å². The van der Waals surface area contributed by atoms with Crippen molar-refractivity contribution in [3.63, 3.8) is 0 Å². The van der Waals surface area contributed by atoms with E-state index in [0.29, 0.717) is 24.5 Å². The Morgan fingerprint density at radius 3 is 2.50 bits per heavy atom. The van der Waals surface area contributed by atoms with E-state index in [9.17, 15) is 9.59 Å². The summed E-state index contributed by atoms with van der Waals surface area (Å²) < 4.78 is 2.12. The van der Waals surface area contributed by atoms with E-state index >= 15 is 0 Å². The van der Waals surface area contributed by atoms with E-state index < -0.39 is 0 Å². The van der Waals surface area contributed by atoms with E-state index in [4.69, 9.17) is 0 Å². The molecule has 0 unspecified atom stereocenters. The number of rotatable bonds is 8. The molecular formula is C24H25N5O2S. The van der Waals surface area contributed by atoms with Crippen LogP contribution in [-0.4, -0.2) is 38.9 Å². The predicted molar refractivity (Wildman–Crippen MR) is 125 cm³/mol. The number of hydrogen-bond donors (Lipinski definition) is 1. The Morgan fingerprint density at radius 2 is 1.81 bits per heavy atom. The van der Waals surface area contributed by atoms with Gasteiger partial charge in [-0.2, -0.15) is 0 Å². The van der Waals surface area contributed by atoms with Gasteiger partial charge in [-0.15, -0.1) is 10.2 Å².